The van der Waals surface area contributed by atoms with Crippen molar-refractivity contribution in [2.24, 2.45) is 4.99 Å². The highest BCUT2D eigenvalue weighted by atomic mass is 32.2. The van der Waals surface area contributed by atoms with Gasteiger partial charge in [0.05, 0.1) is 10.2 Å². The van der Waals surface area contributed by atoms with Crippen molar-refractivity contribution >= 4 is 50.0 Å². The molecule has 8 heteroatoms. The van der Waals surface area contributed by atoms with Crippen molar-refractivity contribution in [1.82, 2.24) is 4.98 Å². The number of thioether (sulfide) groups is 1. The van der Waals surface area contributed by atoms with Crippen LogP contribution in [0.25, 0.3) is 10.2 Å². The van der Waals surface area contributed by atoms with Crippen LogP contribution in [-0.2, 0) is 4.79 Å². The number of nitrogens with zero attached hydrogens (tertiary/aromatic N) is 2. The van der Waals surface area contributed by atoms with Crippen LogP contribution in [0.15, 0.2) is 23.2 Å². The van der Waals surface area contributed by atoms with E-state index in [0.717, 1.165) is 20.9 Å². The van der Waals surface area contributed by atoms with E-state index in [1.54, 1.807) is 0 Å². The SMILES string of the molecule is CC1(C)SC(c2nc3ccc(NCCCO)cc3s2)=NC1C(=O)O. The van der Waals surface area contributed by atoms with Gasteiger partial charge in [-0.2, -0.15) is 0 Å². The van der Waals surface area contributed by atoms with Crippen LogP contribution in [0.2, 0.25) is 0 Å². The number of carboxylic acids is 1. The summed E-state index contributed by atoms with van der Waals surface area (Å²) in [6.07, 6.45) is 0.699. The molecule has 1 aliphatic rings. The first kappa shape index (κ1) is 17.2. The average molecular weight is 365 g/mol. The predicted octanol–water partition coefficient (Wildman–Crippen LogP) is 2.82. The summed E-state index contributed by atoms with van der Waals surface area (Å²) in [7, 11) is 0. The molecule has 2 heterocycles. The zero-order chi connectivity index (χ0) is 17.3. The fraction of sp³-hybridized carbons (Fsp3) is 0.438. The fourth-order valence-electron chi connectivity index (χ4n) is 2.49. The number of rotatable bonds is 6. The van der Waals surface area contributed by atoms with Crippen LogP contribution in [0.4, 0.5) is 5.69 Å². The van der Waals surface area contributed by atoms with Crippen molar-refractivity contribution in [2.45, 2.75) is 31.1 Å². The number of thiazole rings is 1. The number of anilines is 1. The van der Waals surface area contributed by atoms with Crippen LogP contribution in [0.5, 0.6) is 0 Å². The van der Waals surface area contributed by atoms with Gasteiger partial charge in [-0.05, 0) is 38.5 Å². The summed E-state index contributed by atoms with van der Waals surface area (Å²) in [4.78, 5) is 20.3. The summed E-state index contributed by atoms with van der Waals surface area (Å²) in [5, 5.41) is 22.9. The molecule has 1 atom stereocenters. The van der Waals surface area contributed by atoms with Gasteiger partial charge in [0, 0.05) is 23.6 Å². The van der Waals surface area contributed by atoms with Gasteiger partial charge >= 0.3 is 5.97 Å². The summed E-state index contributed by atoms with van der Waals surface area (Å²) < 4.78 is 0.551. The molecule has 0 saturated carbocycles. The third-order valence-corrected chi connectivity index (χ3v) is 6.13. The quantitative estimate of drug-likeness (QED) is 0.682. The molecule has 0 amide bonds. The molecule has 1 unspecified atom stereocenters. The molecular formula is C16H19N3O3S2. The Morgan fingerprint density at radius 2 is 2.21 bits per heavy atom. The van der Waals surface area contributed by atoms with Gasteiger partial charge in [-0.15, -0.1) is 11.3 Å². The highest BCUT2D eigenvalue weighted by Crippen LogP contribution is 2.41. The highest BCUT2D eigenvalue weighted by molar-refractivity contribution is 8.16. The Morgan fingerprint density at radius 3 is 2.88 bits per heavy atom. The number of hydrogen-bond acceptors (Lipinski definition) is 7. The maximum atomic E-state index is 11.4. The molecule has 6 nitrogen and oxygen atoms in total. The molecule has 0 bridgehead atoms. The number of aliphatic imine (C=N–C) groups is 1. The van der Waals surface area contributed by atoms with Crippen molar-refractivity contribution in [3.8, 4) is 0 Å². The topological polar surface area (TPSA) is 94.8 Å². The minimum Gasteiger partial charge on any atom is -0.480 e. The number of hydrogen-bond donors (Lipinski definition) is 3. The molecule has 1 aromatic heterocycles. The first-order chi connectivity index (χ1) is 11.4. The first-order valence-electron chi connectivity index (χ1n) is 7.66. The fourth-order valence-corrected chi connectivity index (χ4v) is 4.69. The van der Waals surface area contributed by atoms with Gasteiger partial charge < -0.3 is 15.5 Å². The smallest absolute Gasteiger partial charge is 0.329 e. The molecule has 128 valence electrons. The van der Waals surface area contributed by atoms with E-state index < -0.39 is 16.8 Å². The van der Waals surface area contributed by atoms with Crippen LogP contribution >= 0.6 is 23.1 Å². The predicted molar refractivity (Wildman–Crippen MR) is 99.4 cm³/mol. The van der Waals surface area contributed by atoms with E-state index in [1.165, 1.54) is 23.1 Å². The molecule has 3 N–H and O–H groups in total. The summed E-state index contributed by atoms with van der Waals surface area (Å²) in [5.41, 5.74) is 1.86. The van der Waals surface area contributed by atoms with Crippen LogP contribution in [0.1, 0.15) is 25.3 Å². The van der Waals surface area contributed by atoms with Crippen LogP contribution in [-0.4, -0.2) is 50.2 Å². The number of aliphatic hydroxyl groups excluding tert-OH is 1. The highest BCUT2D eigenvalue weighted by Gasteiger charge is 2.43. The average Bonchev–Trinajstić information content (AvgIpc) is 3.07. The Labute approximate surface area is 148 Å². The largest absolute Gasteiger partial charge is 0.480 e. The molecule has 0 spiro atoms. The molecule has 2 aromatic rings. The van der Waals surface area contributed by atoms with E-state index in [-0.39, 0.29) is 6.61 Å². The Balaban J connectivity index is 1.86. The lowest BCUT2D eigenvalue weighted by molar-refractivity contribution is -0.138. The van der Waals surface area contributed by atoms with Gasteiger partial charge in [-0.25, -0.2) is 9.78 Å². The molecular weight excluding hydrogens is 346 g/mol. The lowest BCUT2D eigenvalue weighted by Gasteiger charge is -2.19. The molecule has 0 radical (unpaired) electrons. The van der Waals surface area contributed by atoms with Crippen LogP contribution in [0.3, 0.4) is 0 Å². The molecule has 0 fully saturated rings. The molecule has 24 heavy (non-hydrogen) atoms. The second-order valence-electron chi connectivity index (χ2n) is 6.09. The number of aliphatic carboxylic acids is 1. The summed E-state index contributed by atoms with van der Waals surface area (Å²) in [5.74, 6) is -0.904. The summed E-state index contributed by atoms with van der Waals surface area (Å²) >= 11 is 2.98. The molecule has 1 aromatic carbocycles. The lowest BCUT2D eigenvalue weighted by Crippen LogP contribution is -2.34. The summed E-state index contributed by atoms with van der Waals surface area (Å²) in [6, 6.07) is 5.17. The minimum absolute atomic E-state index is 0.164. The number of carbonyl (C=O) groups is 1. The van der Waals surface area contributed by atoms with E-state index in [1.807, 2.05) is 32.0 Å². The van der Waals surface area contributed by atoms with Gasteiger partial charge in [-0.3, -0.25) is 4.99 Å². The number of nitrogens with one attached hydrogen (secondary N) is 1. The molecule has 3 rings (SSSR count). The van der Waals surface area contributed by atoms with Crippen LogP contribution < -0.4 is 5.32 Å². The van der Waals surface area contributed by atoms with Gasteiger partial charge in [0.25, 0.3) is 0 Å². The van der Waals surface area contributed by atoms with Gasteiger partial charge in [0.15, 0.2) is 6.04 Å². The standard InChI is InChI=1S/C16H19N3O3S2/c1-16(2)12(15(21)22)19-14(24-16)13-18-10-5-4-9(8-11(10)23-13)17-6-3-7-20/h4-5,8,12,17,20H,3,6-7H2,1-2H3,(H,21,22). The van der Waals surface area contributed by atoms with Crippen molar-refractivity contribution in [2.75, 3.05) is 18.5 Å². The second-order valence-corrected chi connectivity index (χ2v) is 8.76. The normalized spacial score (nSPS) is 19.5. The third kappa shape index (κ3) is 3.40. The number of fused-ring (bicyclic) bond motifs is 1. The number of benzene rings is 1. The lowest BCUT2D eigenvalue weighted by atomic mass is 10.0. The second kappa shape index (κ2) is 6.70. The minimum atomic E-state index is -0.904. The van der Waals surface area contributed by atoms with E-state index in [0.29, 0.717) is 18.0 Å². The monoisotopic (exact) mass is 365 g/mol. The zero-order valence-corrected chi connectivity index (χ0v) is 15.1. The van der Waals surface area contributed by atoms with E-state index in [9.17, 15) is 9.90 Å². The molecule has 1 aliphatic heterocycles. The van der Waals surface area contributed by atoms with Gasteiger partial charge in [0.2, 0.25) is 0 Å². The van der Waals surface area contributed by atoms with Crippen molar-refractivity contribution in [1.29, 1.82) is 0 Å². The Morgan fingerprint density at radius 1 is 1.42 bits per heavy atom. The van der Waals surface area contributed by atoms with Gasteiger partial charge in [-0.1, -0.05) is 11.8 Å². The van der Waals surface area contributed by atoms with Crippen LogP contribution in [0, 0.1) is 0 Å². The maximum absolute atomic E-state index is 11.4. The van der Waals surface area contributed by atoms with Crippen molar-refractivity contribution in [3.63, 3.8) is 0 Å². The first-order valence-corrected chi connectivity index (χ1v) is 9.29. The number of aliphatic hydroxyl groups is 1. The van der Waals surface area contributed by atoms with E-state index in [4.69, 9.17) is 5.11 Å². The number of aromatic nitrogens is 1. The zero-order valence-electron chi connectivity index (χ0n) is 13.4. The van der Waals surface area contributed by atoms with E-state index >= 15 is 0 Å². The van der Waals surface area contributed by atoms with Crippen molar-refractivity contribution < 1.29 is 15.0 Å². The van der Waals surface area contributed by atoms with Crippen molar-refractivity contribution in [3.05, 3.63) is 23.2 Å². The van der Waals surface area contributed by atoms with E-state index in [2.05, 4.69) is 15.3 Å². The maximum Gasteiger partial charge on any atom is 0.329 e. The Kier molecular flexibility index (Phi) is 4.80. The number of carboxylic acid groups (broad SMARTS) is 1. The molecule has 0 aliphatic carbocycles. The van der Waals surface area contributed by atoms with Gasteiger partial charge in [0.1, 0.15) is 10.1 Å². The Hall–Kier alpha value is -1.64. The third-order valence-electron chi connectivity index (χ3n) is 3.73. The Bertz CT molecular complexity index is 801. The summed E-state index contributed by atoms with van der Waals surface area (Å²) in [6.45, 7) is 4.66. The molecule has 0 saturated heterocycles.